The Kier molecular flexibility index (Phi) is 9.18. The van der Waals surface area contributed by atoms with Crippen LogP contribution < -0.4 is 14.2 Å². The summed E-state index contributed by atoms with van der Waals surface area (Å²) in [4.78, 5) is 28.3. The molecule has 0 spiro atoms. The molecule has 0 N–H and O–H groups in total. The summed E-state index contributed by atoms with van der Waals surface area (Å²) in [5.41, 5.74) is 0.457. The van der Waals surface area contributed by atoms with E-state index in [0.29, 0.717) is 68.8 Å². The van der Waals surface area contributed by atoms with Crippen LogP contribution in [-0.4, -0.2) is 80.3 Å². The predicted octanol–water partition coefficient (Wildman–Crippen LogP) is 3.02. The van der Waals surface area contributed by atoms with Crippen molar-refractivity contribution in [1.82, 2.24) is 9.80 Å². The number of halogens is 1. The molecule has 1 aliphatic heterocycles. The normalized spacial score (nSPS) is 13.8. The van der Waals surface area contributed by atoms with Crippen LogP contribution in [0.15, 0.2) is 12.1 Å². The van der Waals surface area contributed by atoms with Gasteiger partial charge in [0.1, 0.15) is 6.61 Å². The summed E-state index contributed by atoms with van der Waals surface area (Å²) >= 11 is 5.54. The summed E-state index contributed by atoms with van der Waals surface area (Å²) in [5.74, 6) is 1.56. The maximum atomic E-state index is 13.1. The first-order valence-corrected chi connectivity index (χ1v) is 10.4. The van der Waals surface area contributed by atoms with Gasteiger partial charge in [-0.2, -0.15) is 0 Å². The van der Waals surface area contributed by atoms with E-state index >= 15 is 0 Å². The Balaban J connectivity index is 2.15. The Bertz CT molecular complexity index is 665. The fraction of sp³-hybridized carbons (Fsp3) is 0.600. The lowest BCUT2D eigenvalue weighted by Gasteiger charge is -2.34. The van der Waals surface area contributed by atoms with Crippen LogP contribution in [0.1, 0.15) is 31.1 Å². The van der Waals surface area contributed by atoms with Crippen molar-refractivity contribution in [2.24, 2.45) is 0 Å². The van der Waals surface area contributed by atoms with E-state index in [1.54, 1.807) is 21.9 Å². The summed E-state index contributed by atoms with van der Waals surface area (Å²) < 4.78 is 22.1. The van der Waals surface area contributed by atoms with Crippen molar-refractivity contribution >= 4 is 23.6 Å². The first kappa shape index (κ1) is 22.9. The molecule has 9 heteroatoms. The molecular formula is C20H29ClN2O6. The highest BCUT2D eigenvalue weighted by atomic mass is 35.5. The van der Waals surface area contributed by atoms with Crippen molar-refractivity contribution in [1.29, 1.82) is 0 Å². The van der Waals surface area contributed by atoms with Gasteiger partial charge in [0.25, 0.3) is 5.91 Å². The van der Waals surface area contributed by atoms with Gasteiger partial charge in [-0.05, 0) is 32.9 Å². The molecule has 2 amide bonds. The third-order valence-electron chi connectivity index (χ3n) is 4.28. The molecule has 0 aliphatic carbocycles. The Morgan fingerprint density at radius 1 is 0.897 bits per heavy atom. The van der Waals surface area contributed by atoms with Gasteiger partial charge in [0.2, 0.25) is 5.75 Å². The van der Waals surface area contributed by atoms with Crippen molar-refractivity contribution in [3.63, 3.8) is 0 Å². The van der Waals surface area contributed by atoms with E-state index in [1.807, 2.05) is 20.8 Å². The number of benzene rings is 1. The van der Waals surface area contributed by atoms with Crippen LogP contribution in [0.5, 0.6) is 17.2 Å². The number of ether oxygens (including phenoxy) is 4. The number of carbonyl (C=O) groups excluding carboxylic acids is 2. The van der Waals surface area contributed by atoms with Gasteiger partial charge in [-0.3, -0.25) is 4.79 Å². The third kappa shape index (κ3) is 6.06. The molecule has 0 saturated carbocycles. The molecule has 0 aromatic heterocycles. The van der Waals surface area contributed by atoms with Crippen LogP contribution in [-0.2, 0) is 4.74 Å². The standard InChI is InChI=1S/C20H29ClN2O6/c1-4-26-16-13-15(14-17(27-5-2)18(16)28-6-3)19(24)22-8-10-23(11-9-22)20(25)29-12-7-21/h13-14H,4-12H2,1-3H3. The number of hydrogen-bond acceptors (Lipinski definition) is 6. The maximum absolute atomic E-state index is 13.1. The Hall–Kier alpha value is -2.35. The summed E-state index contributed by atoms with van der Waals surface area (Å²) in [6, 6.07) is 3.36. The van der Waals surface area contributed by atoms with E-state index in [2.05, 4.69) is 0 Å². The number of nitrogens with zero attached hydrogens (tertiary/aromatic N) is 2. The van der Waals surface area contributed by atoms with Crippen molar-refractivity contribution in [3.8, 4) is 17.2 Å². The molecule has 1 aromatic carbocycles. The molecule has 8 nitrogen and oxygen atoms in total. The van der Waals surface area contributed by atoms with E-state index in [4.69, 9.17) is 30.5 Å². The predicted molar refractivity (Wildman–Crippen MR) is 109 cm³/mol. The first-order chi connectivity index (χ1) is 14.0. The number of carbonyl (C=O) groups is 2. The molecule has 0 radical (unpaired) electrons. The second-order valence-corrected chi connectivity index (χ2v) is 6.56. The second kappa shape index (κ2) is 11.6. The van der Waals surface area contributed by atoms with E-state index in [0.717, 1.165) is 0 Å². The smallest absolute Gasteiger partial charge is 0.409 e. The van der Waals surface area contributed by atoms with Crippen LogP contribution in [0.25, 0.3) is 0 Å². The van der Waals surface area contributed by atoms with Gasteiger partial charge in [-0.25, -0.2) is 4.79 Å². The van der Waals surface area contributed by atoms with Crippen molar-refractivity contribution in [3.05, 3.63) is 17.7 Å². The Morgan fingerprint density at radius 3 is 1.90 bits per heavy atom. The minimum absolute atomic E-state index is 0.149. The maximum Gasteiger partial charge on any atom is 0.409 e. The average molecular weight is 429 g/mol. The van der Waals surface area contributed by atoms with Crippen molar-refractivity contribution < 1.29 is 28.5 Å². The summed E-state index contributed by atoms with van der Waals surface area (Å²) in [6.07, 6.45) is -0.406. The van der Waals surface area contributed by atoms with Crippen LogP contribution >= 0.6 is 11.6 Å². The van der Waals surface area contributed by atoms with Gasteiger partial charge in [0.05, 0.1) is 25.7 Å². The molecule has 0 unspecified atom stereocenters. The zero-order valence-electron chi connectivity index (χ0n) is 17.2. The van der Waals surface area contributed by atoms with E-state index in [9.17, 15) is 9.59 Å². The summed E-state index contributed by atoms with van der Waals surface area (Å²) in [7, 11) is 0. The average Bonchev–Trinajstić information content (AvgIpc) is 2.74. The molecule has 29 heavy (non-hydrogen) atoms. The SMILES string of the molecule is CCOc1cc(C(=O)N2CCN(C(=O)OCCCl)CC2)cc(OCC)c1OCC. The molecule has 2 rings (SSSR count). The number of rotatable bonds is 9. The Labute approximate surface area is 176 Å². The highest BCUT2D eigenvalue weighted by Crippen LogP contribution is 2.39. The zero-order valence-corrected chi connectivity index (χ0v) is 18.0. The lowest BCUT2D eigenvalue weighted by molar-refractivity contribution is 0.0571. The van der Waals surface area contributed by atoms with Gasteiger partial charge in [-0.15, -0.1) is 11.6 Å². The second-order valence-electron chi connectivity index (χ2n) is 6.18. The van der Waals surface area contributed by atoms with E-state index in [-0.39, 0.29) is 18.4 Å². The number of alkyl halides is 1. The van der Waals surface area contributed by atoms with Crippen molar-refractivity contribution in [2.45, 2.75) is 20.8 Å². The van der Waals surface area contributed by atoms with E-state index < -0.39 is 6.09 Å². The van der Waals surface area contributed by atoms with Crippen LogP contribution in [0.3, 0.4) is 0 Å². The van der Waals surface area contributed by atoms with Crippen LogP contribution in [0, 0.1) is 0 Å². The molecule has 1 aliphatic rings. The third-order valence-corrected chi connectivity index (χ3v) is 4.44. The minimum Gasteiger partial charge on any atom is -0.490 e. The van der Waals surface area contributed by atoms with Gasteiger partial charge >= 0.3 is 6.09 Å². The molecule has 0 bridgehead atoms. The quantitative estimate of drug-likeness (QED) is 0.562. The topological polar surface area (TPSA) is 77.5 Å². The van der Waals surface area contributed by atoms with Gasteiger partial charge in [0.15, 0.2) is 11.5 Å². The van der Waals surface area contributed by atoms with Crippen LogP contribution in [0.2, 0.25) is 0 Å². The fourth-order valence-electron chi connectivity index (χ4n) is 3.00. The van der Waals surface area contributed by atoms with E-state index in [1.165, 1.54) is 0 Å². The number of amides is 2. The molecule has 0 atom stereocenters. The molecule has 1 heterocycles. The first-order valence-electron chi connectivity index (χ1n) is 9.88. The van der Waals surface area contributed by atoms with Gasteiger partial charge < -0.3 is 28.7 Å². The van der Waals surface area contributed by atoms with Gasteiger partial charge in [-0.1, -0.05) is 0 Å². The lowest BCUT2D eigenvalue weighted by Crippen LogP contribution is -2.50. The molecular weight excluding hydrogens is 400 g/mol. The molecule has 1 fully saturated rings. The fourth-order valence-corrected chi connectivity index (χ4v) is 3.08. The Morgan fingerprint density at radius 2 is 1.41 bits per heavy atom. The molecule has 162 valence electrons. The number of hydrogen-bond donors (Lipinski definition) is 0. The largest absolute Gasteiger partial charge is 0.490 e. The molecule has 1 saturated heterocycles. The van der Waals surface area contributed by atoms with Crippen LogP contribution in [0.4, 0.5) is 4.79 Å². The van der Waals surface area contributed by atoms with Crippen molar-refractivity contribution in [2.75, 3.05) is 58.5 Å². The highest BCUT2D eigenvalue weighted by Gasteiger charge is 2.27. The summed E-state index contributed by atoms with van der Waals surface area (Å²) in [5, 5.41) is 0. The minimum atomic E-state index is -0.406. The van der Waals surface area contributed by atoms with Gasteiger partial charge in [0, 0.05) is 31.7 Å². The summed E-state index contributed by atoms with van der Waals surface area (Å²) in [6.45, 7) is 8.75. The monoisotopic (exact) mass is 428 g/mol. The number of piperazine rings is 1. The molecule has 1 aromatic rings. The zero-order chi connectivity index (χ0) is 21.2. The lowest BCUT2D eigenvalue weighted by atomic mass is 10.1. The highest BCUT2D eigenvalue weighted by molar-refractivity contribution is 6.18.